The lowest BCUT2D eigenvalue weighted by atomic mass is 10.1. The van der Waals surface area contributed by atoms with Gasteiger partial charge in [-0.3, -0.25) is 0 Å². The summed E-state index contributed by atoms with van der Waals surface area (Å²) < 4.78 is 0. The standard InChI is InChI=1S/C8H10OS/c1-5-6-2-3-10-8(6)4-7(5)9/h2-3,5,7,9H,4H2,1H3/t5?,7-/m1/s1. The molecule has 10 heavy (non-hydrogen) atoms. The van der Waals surface area contributed by atoms with Crippen molar-refractivity contribution < 1.29 is 5.11 Å². The van der Waals surface area contributed by atoms with Crippen molar-refractivity contribution in [3.8, 4) is 0 Å². The molecule has 0 saturated carbocycles. The molecule has 1 N–H and O–H groups in total. The van der Waals surface area contributed by atoms with Gasteiger partial charge in [-0.25, -0.2) is 0 Å². The van der Waals surface area contributed by atoms with Crippen LogP contribution in [0.4, 0.5) is 0 Å². The first kappa shape index (κ1) is 6.38. The molecule has 0 radical (unpaired) electrons. The van der Waals surface area contributed by atoms with E-state index in [-0.39, 0.29) is 6.10 Å². The average molecular weight is 154 g/mol. The van der Waals surface area contributed by atoms with Gasteiger partial charge < -0.3 is 5.11 Å². The minimum absolute atomic E-state index is 0.123. The molecule has 0 amide bonds. The smallest absolute Gasteiger partial charge is 0.0654 e. The molecule has 1 unspecified atom stereocenters. The number of aliphatic hydroxyl groups is 1. The Hall–Kier alpha value is -0.340. The summed E-state index contributed by atoms with van der Waals surface area (Å²) in [7, 11) is 0. The fraction of sp³-hybridized carbons (Fsp3) is 0.500. The Bertz CT molecular complexity index is 241. The summed E-state index contributed by atoms with van der Waals surface area (Å²) in [4.78, 5) is 1.38. The average Bonchev–Trinajstić information content (AvgIpc) is 2.41. The molecule has 0 aromatic carbocycles. The van der Waals surface area contributed by atoms with E-state index >= 15 is 0 Å². The topological polar surface area (TPSA) is 20.2 Å². The molecule has 0 aliphatic heterocycles. The van der Waals surface area contributed by atoms with Crippen molar-refractivity contribution in [1.82, 2.24) is 0 Å². The molecule has 2 rings (SSSR count). The van der Waals surface area contributed by atoms with Gasteiger partial charge >= 0.3 is 0 Å². The Balaban J connectivity index is 2.43. The van der Waals surface area contributed by atoms with Gasteiger partial charge in [-0.2, -0.15) is 0 Å². The van der Waals surface area contributed by atoms with Crippen LogP contribution in [0.15, 0.2) is 11.4 Å². The Morgan fingerprint density at radius 3 is 3.20 bits per heavy atom. The van der Waals surface area contributed by atoms with Crippen molar-refractivity contribution in [3.63, 3.8) is 0 Å². The van der Waals surface area contributed by atoms with E-state index < -0.39 is 0 Å². The molecule has 0 saturated heterocycles. The summed E-state index contributed by atoms with van der Waals surface area (Å²) in [5.74, 6) is 0.362. The fourth-order valence-electron chi connectivity index (χ4n) is 1.50. The molecule has 1 aliphatic rings. The van der Waals surface area contributed by atoms with Crippen LogP contribution in [0.2, 0.25) is 0 Å². The molecule has 1 heterocycles. The molecule has 0 spiro atoms. The van der Waals surface area contributed by atoms with Crippen molar-refractivity contribution in [3.05, 3.63) is 21.9 Å². The zero-order valence-corrected chi connectivity index (χ0v) is 6.69. The van der Waals surface area contributed by atoms with Crippen molar-refractivity contribution in [2.24, 2.45) is 0 Å². The minimum atomic E-state index is -0.123. The molecule has 2 atom stereocenters. The Morgan fingerprint density at radius 2 is 2.50 bits per heavy atom. The summed E-state index contributed by atoms with van der Waals surface area (Å²) in [6.45, 7) is 2.09. The first-order valence-electron chi connectivity index (χ1n) is 3.53. The highest BCUT2D eigenvalue weighted by Crippen LogP contribution is 2.36. The number of thiophene rings is 1. The fourth-order valence-corrected chi connectivity index (χ4v) is 2.53. The predicted molar refractivity (Wildman–Crippen MR) is 42.4 cm³/mol. The lowest BCUT2D eigenvalue weighted by Gasteiger charge is -2.06. The maximum Gasteiger partial charge on any atom is 0.0654 e. The van der Waals surface area contributed by atoms with Crippen LogP contribution < -0.4 is 0 Å². The van der Waals surface area contributed by atoms with Gasteiger partial charge in [-0.1, -0.05) is 6.92 Å². The SMILES string of the molecule is CC1c2ccsc2C[C@H]1O. The van der Waals surface area contributed by atoms with Crippen molar-refractivity contribution >= 4 is 11.3 Å². The van der Waals surface area contributed by atoms with Gasteiger partial charge in [0.2, 0.25) is 0 Å². The number of hydrogen-bond acceptors (Lipinski definition) is 2. The molecule has 1 aliphatic carbocycles. The van der Waals surface area contributed by atoms with E-state index in [1.165, 1.54) is 10.4 Å². The molecule has 1 nitrogen and oxygen atoms in total. The van der Waals surface area contributed by atoms with Gasteiger partial charge in [0.15, 0.2) is 0 Å². The summed E-state index contributed by atoms with van der Waals surface area (Å²) in [6, 6.07) is 2.13. The second-order valence-electron chi connectivity index (χ2n) is 2.86. The van der Waals surface area contributed by atoms with Crippen LogP contribution in [0.5, 0.6) is 0 Å². The van der Waals surface area contributed by atoms with E-state index in [0.29, 0.717) is 5.92 Å². The highest BCUT2D eigenvalue weighted by atomic mass is 32.1. The van der Waals surface area contributed by atoms with Crippen molar-refractivity contribution in [1.29, 1.82) is 0 Å². The zero-order chi connectivity index (χ0) is 7.14. The van der Waals surface area contributed by atoms with Crippen LogP contribution in [-0.2, 0) is 6.42 Å². The van der Waals surface area contributed by atoms with Gasteiger partial charge in [0, 0.05) is 17.2 Å². The minimum Gasteiger partial charge on any atom is -0.392 e. The number of hydrogen-bond donors (Lipinski definition) is 1. The van der Waals surface area contributed by atoms with Crippen LogP contribution in [0.3, 0.4) is 0 Å². The second-order valence-corrected chi connectivity index (χ2v) is 3.86. The van der Waals surface area contributed by atoms with E-state index in [1.807, 2.05) is 0 Å². The van der Waals surface area contributed by atoms with Crippen LogP contribution in [0.25, 0.3) is 0 Å². The van der Waals surface area contributed by atoms with Gasteiger partial charge in [-0.15, -0.1) is 11.3 Å². The molecule has 0 fully saturated rings. The summed E-state index contributed by atoms with van der Waals surface area (Å²) in [5.41, 5.74) is 1.36. The monoisotopic (exact) mass is 154 g/mol. The summed E-state index contributed by atoms with van der Waals surface area (Å²) in [5, 5.41) is 11.5. The normalized spacial score (nSPS) is 30.6. The van der Waals surface area contributed by atoms with Crippen LogP contribution >= 0.6 is 11.3 Å². The van der Waals surface area contributed by atoms with Crippen molar-refractivity contribution in [2.75, 3.05) is 0 Å². The van der Waals surface area contributed by atoms with E-state index in [9.17, 15) is 5.11 Å². The van der Waals surface area contributed by atoms with E-state index in [1.54, 1.807) is 11.3 Å². The quantitative estimate of drug-likeness (QED) is 0.604. The molecule has 1 aromatic heterocycles. The van der Waals surface area contributed by atoms with Gasteiger partial charge in [0.05, 0.1) is 6.10 Å². The molecular formula is C8H10OS. The number of aliphatic hydroxyl groups excluding tert-OH is 1. The molecule has 0 bridgehead atoms. The molecule has 54 valence electrons. The van der Waals surface area contributed by atoms with Crippen LogP contribution in [0.1, 0.15) is 23.3 Å². The maximum atomic E-state index is 9.41. The van der Waals surface area contributed by atoms with E-state index in [4.69, 9.17) is 0 Å². The molecule has 1 aromatic rings. The van der Waals surface area contributed by atoms with Gasteiger partial charge in [0.1, 0.15) is 0 Å². The summed E-state index contributed by atoms with van der Waals surface area (Å²) in [6.07, 6.45) is 0.746. The number of rotatable bonds is 0. The zero-order valence-electron chi connectivity index (χ0n) is 5.87. The van der Waals surface area contributed by atoms with Gasteiger partial charge in [0.25, 0.3) is 0 Å². The van der Waals surface area contributed by atoms with Crippen LogP contribution in [0, 0.1) is 0 Å². The third kappa shape index (κ3) is 0.724. The summed E-state index contributed by atoms with van der Waals surface area (Å²) >= 11 is 1.76. The largest absolute Gasteiger partial charge is 0.392 e. The van der Waals surface area contributed by atoms with Gasteiger partial charge in [-0.05, 0) is 17.0 Å². The number of fused-ring (bicyclic) bond motifs is 1. The second kappa shape index (κ2) is 2.07. The lowest BCUT2D eigenvalue weighted by molar-refractivity contribution is 0.163. The predicted octanol–water partition coefficient (Wildman–Crippen LogP) is 1.77. The first-order chi connectivity index (χ1) is 4.79. The molecule has 2 heteroatoms. The Kier molecular flexibility index (Phi) is 1.32. The third-order valence-corrected chi connectivity index (χ3v) is 3.20. The van der Waals surface area contributed by atoms with Crippen LogP contribution in [-0.4, -0.2) is 11.2 Å². The lowest BCUT2D eigenvalue weighted by Crippen LogP contribution is -2.09. The Labute approximate surface area is 64.3 Å². The highest BCUT2D eigenvalue weighted by Gasteiger charge is 2.27. The van der Waals surface area contributed by atoms with E-state index in [2.05, 4.69) is 18.4 Å². The highest BCUT2D eigenvalue weighted by molar-refractivity contribution is 7.10. The van der Waals surface area contributed by atoms with E-state index in [0.717, 1.165) is 6.42 Å². The first-order valence-corrected chi connectivity index (χ1v) is 4.41. The Morgan fingerprint density at radius 1 is 1.70 bits per heavy atom. The van der Waals surface area contributed by atoms with Crippen molar-refractivity contribution in [2.45, 2.75) is 25.4 Å². The molecular weight excluding hydrogens is 144 g/mol. The maximum absolute atomic E-state index is 9.41. The third-order valence-electron chi connectivity index (χ3n) is 2.24.